The van der Waals surface area contributed by atoms with Gasteiger partial charge in [0.1, 0.15) is 5.75 Å². The summed E-state index contributed by atoms with van der Waals surface area (Å²) in [5.41, 5.74) is 1.86. The first-order valence-corrected chi connectivity index (χ1v) is 7.32. The van der Waals surface area contributed by atoms with Crippen molar-refractivity contribution < 1.29 is 14.3 Å². The molecule has 2 rings (SSSR count). The van der Waals surface area contributed by atoms with Gasteiger partial charge in [-0.2, -0.15) is 0 Å². The second-order valence-corrected chi connectivity index (χ2v) is 5.39. The minimum atomic E-state index is -0.405. The highest BCUT2D eigenvalue weighted by atomic mass is 127. The molecule has 106 valence electrons. The van der Waals surface area contributed by atoms with Gasteiger partial charge in [-0.05, 0) is 71.1 Å². The van der Waals surface area contributed by atoms with Crippen LogP contribution in [0.25, 0.3) is 0 Å². The summed E-state index contributed by atoms with van der Waals surface area (Å²) >= 11 is 2.26. The summed E-state index contributed by atoms with van der Waals surface area (Å²) in [5.74, 6) is 6.39. The fraction of sp³-hybridized carbons (Fsp3) is 0.118. The third-order valence-electron chi connectivity index (χ3n) is 2.63. The molecule has 0 spiro atoms. The summed E-state index contributed by atoms with van der Waals surface area (Å²) in [5, 5.41) is 0. The number of halogens is 1. The van der Waals surface area contributed by atoms with Crippen molar-refractivity contribution in [3.05, 3.63) is 63.2 Å². The van der Waals surface area contributed by atoms with E-state index < -0.39 is 5.97 Å². The van der Waals surface area contributed by atoms with Gasteiger partial charge in [-0.15, -0.1) is 0 Å². The minimum absolute atomic E-state index is 0.0931. The zero-order valence-electron chi connectivity index (χ0n) is 11.4. The van der Waals surface area contributed by atoms with Crippen LogP contribution in [0.1, 0.15) is 11.1 Å². The lowest BCUT2D eigenvalue weighted by Crippen LogP contribution is -2.12. The van der Waals surface area contributed by atoms with E-state index in [1.54, 1.807) is 12.1 Å². The number of carbonyl (C=O) groups is 1. The van der Waals surface area contributed by atoms with Crippen LogP contribution in [0.4, 0.5) is 0 Å². The summed E-state index contributed by atoms with van der Waals surface area (Å²) in [6.45, 7) is -0.0931. The maximum Gasteiger partial charge on any atom is 0.343 e. The molecule has 0 radical (unpaired) electrons. The van der Waals surface area contributed by atoms with Gasteiger partial charge in [0.25, 0.3) is 0 Å². The van der Waals surface area contributed by atoms with Crippen molar-refractivity contribution in [2.75, 3.05) is 13.7 Å². The van der Waals surface area contributed by atoms with Gasteiger partial charge >= 0.3 is 5.97 Å². The van der Waals surface area contributed by atoms with Gasteiger partial charge in [0.05, 0.1) is 7.11 Å². The van der Waals surface area contributed by atoms with E-state index >= 15 is 0 Å². The first kappa shape index (κ1) is 15.4. The summed E-state index contributed by atoms with van der Waals surface area (Å²) < 4.78 is 11.0. The molecule has 0 saturated heterocycles. The molecule has 3 nitrogen and oxygen atoms in total. The molecule has 0 aliphatic carbocycles. The van der Waals surface area contributed by atoms with Crippen LogP contribution in [0.5, 0.6) is 5.75 Å². The van der Waals surface area contributed by atoms with Crippen molar-refractivity contribution in [1.29, 1.82) is 0 Å². The molecular formula is C17H13IO3. The number of methoxy groups -OCH3 is 1. The van der Waals surface area contributed by atoms with E-state index in [9.17, 15) is 4.79 Å². The lowest BCUT2D eigenvalue weighted by Gasteiger charge is -2.04. The Bertz CT molecular complexity index is 664. The number of carbonyl (C=O) groups excluding carboxylic acids is 1. The monoisotopic (exact) mass is 392 g/mol. The average Bonchev–Trinajstić information content (AvgIpc) is 2.53. The Balaban J connectivity index is 1.99. The van der Waals surface area contributed by atoms with Crippen molar-refractivity contribution in [1.82, 2.24) is 0 Å². The van der Waals surface area contributed by atoms with Gasteiger partial charge in [0.2, 0.25) is 0 Å². The van der Waals surface area contributed by atoms with Crippen molar-refractivity contribution >= 4 is 28.6 Å². The first-order valence-electron chi connectivity index (χ1n) is 6.24. The molecule has 0 saturated carbocycles. The highest BCUT2D eigenvalue weighted by Crippen LogP contribution is 2.12. The highest BCUT2D eigenvalue weighted by Gasteiger charge is 2.01. The lowest BCUT2D eigenvalue weighted by atomic mass is 10.2. The molecule has 2 aromatic rings. The maximum absolute atomic E-state index is 11.0. The van der Waals surface area contributed by atoms with Crippen molar-refractivity contribution in [2.45, 2.75) is 0 Å². The molecule has 0 aliphatic heterocycles. The predicted molar refractivity (Wildman–Crippen MR) is 89.1 cm³/mol. The van der Waals surface area contributed by atoms with Crippen LogP contribution in [-0.4, -0.2) is 19.7 Å². The molecule has 0 amide bonds. The third-order valence-corrected chi connectivity index (χ3v) is 3.35. The SMILES string of the molecule is COC(=O)COc1ccc(C#Cc2ccc(I)cc2)cc1. The second kappa shape index (κ2) is 7.70. The number of rotatable bonds is 3. The number of hydrogen-bond donors (Lipinski definition) is 0. The van der Waals surface area contributed by atoms with Gasteiger partial charge in [-0.3, -0.25) is 0 Å². The van der Waals surface area contributed by atoms with Crippen molar-refractivity contribution in [2.24, 2.45) is 0 Å². The normalized spacial score (nSPS) is 9.43. The molecule has 0 atom stereocenters. The van der Waals surface area contributed by atoms with Crippen LogP contribution in [0, 0.1) is 15.4 Å². The number of esters is 1. The predicted octanol–water partition coefficient (Wildman–Crippen LogP) is 3.24. The van der Waals surface area contributed by atoms with E-state index in [4.69, 9.17) is 4.74 Å². The molecule has 4 heteroatoms. The Labute approximate surface area is 137 Å². The summed E-state index contributed by atoms with van der Waals surface area (Å²) in [7, 11) is 1.33. The Morgan fingerprint density at radius 1 is 1.00 bits per heavy atom. The van der Waals surface area contributed by atoms with E-state index in [0.717, 1.165) is 11.1 Å². The molecule has 0 N–H and O–H groups in total. The van der Waals surface area contributed by atoms with E-state index in [2.05, 4.69) is 39.2 Å². The molecule has 0 heterocycles. The van der Waals surface area contributed by atoms with Gasteiger partial charge in [-0.25, -0.2) is 4.79 Å². The Morgan fingerprint density at radius 2 is 1.52 bits per heavy atom. The summed E-state index contributed by atoms with van der Waals surface area (Å²) in [4.78, 5) is 11.0. The van der Waals surface area contributed by atoms with Gasteiger partial charge < -0.3 is 9.47 Å². The van der Waals surface area contributed by atoms with Crippen LogP contribution in [0.3, 0.4) is 0 Å². The first-order chi connectivity index (χ1) is 10.2. The average molecular weight is 392 g/mol. The zero-order chi connectivity index (χ0) is 15.1. The number of hydrogen-bond acceptors (Lipinski definition) is 3. The molecule has 2 aromatic carbocycles. The van der Waals surface area contributed by atoms with E-state index in [1.807, 2.05) is 36.4 Å². The molecule has 0 fully saturated rings. The second-order valence-electron chi connectivity index (χ2n) is 4.15. The summed E-state index contributed by atoms with van der Waals surface area (Å²) in [6, 6.07) is 15.3. The fourth-order valence-corrected chi connectivity index (χ4v) is 1.87. The molecule has 0 unspecified atom stereocenters. The smallest absolute Gasteiger partial charge is 0.343 e. The van der Waals surface area contributed by atoms with E-state index in [1.165, 1.54) is 10.7 Å². The Morgan fingerprint density at radius 3 is 2.05 bits per heavy atom. The maximum atomic E-state index is 11.0. The van der Waals surface area contributed by atoms with E-state index in [0.29, 0.717) is 5.75 Å². The van der Waals surface area contributed by atoms with Crippen LogP contribution < -0.4 is 4.74 Å². The largest absolute Gasteiger partial charge is 0.482 e. The molecule has 0 bridgehead atoms. The lowest BCUT2D eigenvalue weighted by molar-refractivity contribution is -0.142. The van der Waals surface area contributed by atoms with Gasteiger partial charge in [0.15, 0.2) is 6.61 Å². The quantitative estimate of drug-likeness (QED) is 0.457. The van der Waals surface area contributed by atoms with Gasteiger partial charge in [-0.1, -0.05) is 11.8 Å². The zero-order valence-corrected chi connectivity index (χ0v) is 13.6. The van der Waals surface area contributed by atoms with Crippen molar-refractivity contribution in [3.8, 4) is 17.6 Å². The summed E-state index contributed by atoms with van der Waals surface area (Å²) in [6.07, 6.45) is 0. The highest BCUT2D eigenvalue weighted by molar-refractivity contribution is 14.1. The minimum Gasteiger partial charge on any atom is -0.482 e. The van der Waals surface area contributed by atoms with Crippen LogP contribution in [-0.2, 0) is 9.53 Å². The van der Waals surface area contributed by atoms with Crippen LogP contribution in [0.2, 0.25) is 0 Å². The Hall–Kier alpha value is -2.00. The molecule has 0 aromatic heterocycles. The standard InChI is InChI=1S/C17H13IO3/c1-20-17(19)12-21-16-10-6-14(7-11-16)3-2-13-4-8-15(18)9-5-13/h4-11H,12H2,1H3. The topological polar surface area (TPSA) is 35.5 Å². The third kappa shape index (κ3) is 5.12. The Kier molecular flexibility index (Phi) is 5.64. The van der Waals surface area contributed by atoms with E-state index in [-0.39, 0.29) is 6.61 Å². The van der Waals surface area contributed by atoms with Crippen LogP contribution in [0.15, 0.2) is 48.5 Å². The van der Waals surface area contributed by atoms with Gasteiger partial charge in [0, 0.05) is 14.7 Å². The molecule has 21 heavy (non-hydrogen) atoms. The number of benzene rings is 2. The fourth-order valence-electron chi connectivity index (χ4n) is 1.51. The number of ether oxygens (including phenoxy) is 2. The van der Waals surface area contributed by atoms with Crippen LogP contribution >= 0.6 is 22.6 Å². The molecule has 0 aliphatic rings. The van der Waals surface area contributed by atoms with Crippen molar-refractivity contribution in [3.63, 3.8) is 0 Å². The molecular weight excluding hydrogens is 379 g/mol.